The second-order valence-electron chi connectivity index (χ2n) is 2.98. The van der Waals surface area contributed by atoms with Gasteiger partial charge in [0.2, 0.25) is 0 Å². The molecule has 0 amide bonds. The van der Waals surface area contributed by atoms with Crippen molar-refractivity contribution in [2.75, 3.05) is 0 Å². The van der Waals surface area contributed by atoms with Gasteiger partial charge in [0, 0.05) is 29.2 Å². The molecule has 0 atom stereocenters. The second kappa shape index (κ2) is 3.76. The van der Waals surface area contributed by atoms with Crippen molar-refractivity contribution in [3.05, 3.63) is 47.5 Å². The summed E-state index contributed by atoms with van der Waals surface area (Å²) in [6.45, 7) is 1.96. The molecule has 2 aromatic heterocycles. The topological polar surface area (TPSA) is 25.8 Å². The first-order chi connectivity index (χ1) is 6.79. The van der Waals surface area contributed by atoms with E-state index in [1.165, 1.54) is 0 Å². The molecule has 0 unspecified atom stereocenters. The maximum Gasteiger partial charge on any atom is 0.136 e. The van der Waals surface area contributed by atoms with E-state index >= 15 is 0 Å². The summed E-state index contributed by atoms with van der Waals surface area (Å²) in [6.07, 6.45) is 3.45. The molecule has 2 aromatic rings. The first-order valence-electron chi connectivity index (χ1n) is 4.31. The van der Waals surface area contributed by atoms with Crippen molar-refractivity contribution in [2.45, 2.75) is 6.92 Å². The third-order valence-corrected chi connectivity index (χ3v) is 2.36. The Balaban J connectivity index is 2.61. The summed E-state index contributed by atoms with van der Waals surface area (Å²) in [7, 11) is 0. The lowest BCUT2D eigenvalue weighted by Crippen LogP contribution is -1.88. The van der Waals surface area contributed by atoms with E-state index in [-0.39, 0.29) is 0 Å². The van der Waals surface area contributed by atoms with Gasteiger partial charge in [-0.3, -0.25) is 4.98 Å². The van der Waals surface area contributed by atoms with Crippen molar-refractivity contribution in [2.24, 2.45) is 0 Å². The van der Waals surface area contributed by atoms with Crippen LogP contribution in [0.2, 0.25) is 5.15 Å². The lowest BCUT2D eigenvalue weighted by Gasteiger charge is -2.05. The van der Waals surface area contributed by atoms with E-state index in [1.54, 1.807) is 12.4 Å². The molecule has 70 valence electrons. The molecular formula is C11H9ClN2. The number of aromatic nitrogens is 2. The maximum absolute atomic E-state index is 5.99. The molecule has 0 saturated heterocycles. The van der Waals surface area contributed by atoms with E-state index in [0.717, 1.165) is 16.8 Å². The Bertz CT molecular complexity index is 411. The highest BCUT2D eigenvalue weighted by Crippen LogP contribution is 2.26. The Morgan fingerprint density at radius 1 is 1.00 bits per heavy atom. The van der Waals surface area contributed by atoms with Crippen LogP contribution in [0, 0.1) is 6.92 Å². The van der Waals surface area contributed by atoms with Crippen LogP contribution in [-0.4, -0.2) is 9.97 Å². The monoisotopic (exact) mass is 204 g/mol. The molecular weight excluding hydrogens is 196 g/mol. The summed E-state index contributed by atoms with van der Waals surface area (Å²) in [6, 6.07) is 7.70. The SMILES string of the molecule is Cc1ncccc1-c1cccnc1Cl. The molecule has 0 saturated carbocycles. The highest BCUT2D eigenvalue weighted by Gasteiger charge is 2.05. The van der Waals surface area contributed by atoms with E-state index in [0.29, 0.717) is 5.15 Å². The van der Waals surface area contributed by atoms with Crippen molar-refractivity contribution >= 4 is 11.6 Å². The number of hydrogen-bond acceptors (Lipinski definition) is 2. The number of nitrogens with zero attached hydrogens (tertiary/aromatic N) is 2. The summed E-state index contributed by atoms with van der Waals surface area (Å²) in [5.41, 5.74) is 2.92. The Kier molecular flexibility index (Phi) is 2.46. The quantitative estimate of drug-likeness (QED) is 0.667. The van der Waals surface area contributed by atoms with Crippen molar-refractivity contribution < 1.29 is 0 Å². The average molecular weight is 205 g/mol. The van der Waals surface area contributed by atoms with E-state index in [9.17, 15) is 0 Å². The lowest BCUT2D eigenvalue weighted by molar-refractivity contribution is 1.20. The minimum atomic E-state index is 0.517. The fourth-order valence-electron chi connectivity index (χ4n) is 1.36. The summed E-state index contributed by atoms with van der Waals surface area (Å²) in [5.74, 6) is 0. The minimum Gasteiger partial charge on any atom is -0.261 e. The van der Waals surface area contributed by atoms with Gasteiger partial charge in [0.1, 0.15) is 5.15 Å². The van der Waals surface area contributed by atoms with Gasteiger partial charge in [-0.1, -0.05) is 17.7 Å². The molecule has 0 N–H and O–H groups in total. The Hall–Kier alpha value is -1.41. The molecule has 0 bridgehead atoms. The zero-order valence-corrected chi connectivity index (χ0v) is 8.49. The van der Waals surface area contributed by atoms with Crippen LogP contribution in [0.5, 0.6) is 0 Å². The highest BCUT2D eigenvalue weighted by atomic mass is 35.5. The Labute approximate surface area is 87.6 Å². The van der Waals surface area contributed by atoms with Gasteiger partial charge in [0.25, 0.3) is 0 Å². The number of aryl methyl sites for hydroxylation is 1. The van der Waals surface area contributed by atoms with Crippen LogP contribution in [0.3, 0.4) is 0 Å². The summed E-state index contributed by atoms with van der Waals surface area (Å²) >= 11 is 5.99. The van der Waals surface area contributed by atoms with Crippen molar-refractivity contribution in [1.82, 2.24) is 9.97 Å². The van der Waals surface area contributed by atoms with Crippen LogP contribution < -0.4 is 0 Å². The largest absolute Gasteiger partial charge is 0.261 e. The standard InChI is InChI=1S/C11H9ClN2/c1-8-9(4-2-6-13-8)10-5-3-7-14-11(10)12/h2-7H,1H3. The van der Waals surface area contributed by atoms with E-state index in [4.69, 9.17) is 11.6 Å². The maximum atomic E-state index is 5.99. The highest BCUT2D eigenvalue weighted by molar-refractivity contribution is 6.32. The van der Waals surface area contributed by atoms with Crippen molar-refractivity contribution in [1.29, 1.82) is 0 Å². The van der Waals surface area contributed by atoms with Crippen LogP contribution in [0.4, 0.5) is 0 Å². The molecule has 0 aliphatic rings. The van der Waals surface area contributed by atoms with Gasteiger partial charge in [-0.05, 0) is 25.1 Å². The van der Waals surface area contributed by atoms with Gasteiger partial charge in [0.15, 0.2) is 0 Å². The van der Waals surface area contributed by atoms with Crippen LogP contribution in [-0.2, 0) is 0 Å². The normalized spacial score (nSPS) is 10.1. The Morgan fingerprint density at radius 3 is 2.29 bits per heavy atom. The first kappa shape index (κ1) is 9.16. The third-order valence-electron chi connectivity index (χ3n) is 2.06. The van der Waals surface area contributed by atoms with Gasteiger partial charge in [0.05, 0.1) is 0 Å². The minimum absolute atomic E-state index is 0.517. The Morgan fingerprint density at radius 2 is 1.64 bits per heavy atom. The first-order valence-corrected chi connectivity index (χ1v) is 4.69. The van der Waals surface area contributed by atoms with E-state index in [2.05, 4.69) is 9.97 Å². The van der Waals surface area contributed by atoms with Gasteiger partial charge in [-0.2, -0.15) is 0 Å². The predicted octanol–water partition coefficient (Wildman–Crippen LogP) is 3.11. The average Bonchev–Trinajstić information content (AvgIpc) is 2.20. The van der Waals surface area contributed by atoms with Crippen molar-refractivity contribution in [3.8, 4) is 11.1 Å². The van der Waals surface area contributed by atoms with Crippen LogP contribution in [0.1, 0.15) is 5.69 Å². The molecule has 2 nitrogen and oxygen atoms in total. The van der Waals surface area contributed by atoms with Crippen LogP contribution in [0.25, 0.3) is 11.1 Å². The molecule has 0 aliphatic carbocycles. The molecule has 0 fully saturated rings. The summed E-state index contributed by atoms with van der Waals surface area (Å²) in [5, 5.41) is 0.517. The molecule has 0 aliphatic heterocycles. The zero-order valence-electron chi connectivity index (χ0n) is 7.74. The van der Waals surface area contributed by atoms with E-state index in [1.807, 2.05) is 31.2 Å². The van der Waals surface area contributed by atoms with E-state index < -0.39 is 0 Å². The van der Waals surface area contributed by atoms with Crippen LogP contribution >= 0.6 is 11.6 Å². The van der Waals surface area contributed by atoms with Gasteiger partial charge in [-0.15, -0.1) is 0 Å². The zero-order chi connectivity index (χ0) is 9.97. The van der Waals surface area contributed by atoms with Gasteiger partial charge >= 0.3 is 0 Å². The van der Waals surface area contributed by atoms with Gasteiger partial charge in [-0.25, -0.2) is 4.98 Å². The predicted molar refractivity (Wildman–Crippen MR) is 57.2 cm³/mol. The second-order valence-corrected chi connectivity index (χ2v) is 3.34. The molecule has 3 heteroatoms. The fourth-order valence-corrected chi connectivity index (χ4v) is 1.58. The molecule has 0 radical (unpaired) electrons. The third kappa shape index (κ3) is 1.61. The molecule has 0 spiro atoms. The number of hydrogen-bond donors (Lipinski definition) is 0. The number of halogens is 1. The fraction of sp³-hybridized carbons (Fsp3) is 0.0909. The summed E-state index contributed by atoms with van der Waals surface area (Å²) < 4.78 is 0. The smallest absolute Gasteiger partial charge is 0.136 e. The molecule has 14 heavy (non-hydrogen) atoms. The molecule has 2 rings (SSSR count). The molecule has 2 heterocycles. The summed E-state index contributed by atoms with van der Waals surface area (Å²) in [4.78, 5) is 8.24. The molecule has 0 aromatic carbocycles. The van der Waals surface area contributed by atoms with Gasteiger partial charge < -0.3 is 0 Å². The van der Waals surface area contributed by atoms with Crippen molar-refractivity contribution in [3.63, 3.8) is 0 Å². The van der Waals surface area contributed by atoms with Crippen LogP contribution in [0.15, 0.2) is 36.7 Å². The number of pyridine rings is 2. The lowest BCUT2D eigenvalue weighted by atomic mass is 10.1. The number of rotatable bonds is 1.